The number of hydrogen-bond acceptors (Lipinski definition) is 4. The molecule has 0 aliphatic heterocycles. The van der Waals surface area contributed by atoms with Crippen LogP contribution in [-0.4, -0.2) is 26.6 Å². The summed E-state index contributed by atoms with van der Waals surface area (Å²) in [6.07, 6.45) is 0. The Balaban J connectivity index is 1.59. The molecule has 2 N–H and O–H groups in total. The Morgan fingerprint density at radius 2 is 1.69 bits per heavy atom. The second-order valence-corrected chi connectivity index (χ2v) is 10.5. The molecule has 3 rings (SSSR count). The lowest BCUT2D eigenvalue weighted by Gasteiger charge is -2.14. The van der Waals surface area contributed by atoms with E-state index < -0.39 is 10.0 Å². The maximum Gasteiger partial charge on any atom is 0.261 e. The van der Waals surface area contributed by atoms with E-state index in [0.29, 0.717) is 23.4 Å². The highest BCUT2D eigenvalue weighted by atomic mass is 35.5. The molecule has 0 radical (unpaired) electrons. The van der Waals surface area contributed by atoms with Crippen LogP contribution in [0.25, 0.3) is 0 Å². The summed E-state index contributed by atoms with van der Waals surface area (Å²) in [5.74, 6) is 1.26. The predicted molar refractivity (Wildman–Crippen MR) is 133 cm³/mol. The topological polar surface area (TPSA) is 75.3 Å². The average molecular weight is 489 g/mol. The lowest BCUT2D eigenvalue weighted by Crippen LogP contribution is -2.27. The van der Waals surface area contributed by atoms with Gasteiger partial charge in [0, 0.05) is 28.6 Å². The molecule has 0 atom stereocenters. The van der Waals surface area contributed by atoms with Crippen molar-refractivity contribution in [3.05, 3.63) is 94.0 Å². The van der Waals surface area contributed by atoms with E-state index in [1.54, 1.807) is 61.2 Å². The first-order valence-corrected chi connectivity index (χ1v) is 13.1. The molecular weight excluding hydrogens is 464 g/mol. The Kier molecular flexibility index (Phi) is 8.23. The van der Waals surface area contributed by atoms with Crippen LogP contribution in [0.3, 0.4) is 0 Å². The fraction of sp³-hybridized carbons (Fsp3) is 0.208. The van der Waals surface area contributed by atoms with E-state index in [1.807, 2.05) is 31.2 Å². The molecule has 0 aliphatic carbocycles. The Morgan fingerprint density at radius 3 is 2.41 bits per heavy atom. The van der Waals surface area contributed by atoms with Gasteiger partial charge in [-0.1, -0.05) is 53.6 Å². The van der Waals surface area contributed by atoms with Crippen LogP contribution >= 0.6 is 23.4 Å². The Bertz CT molecular complexity index is 1200. The van der Waals surface area contributed by atoms with Crippen LogP contribution in [0, 0.1) is 13.8 Å². The number of nitrogens with one attached hydrogen (secondary N) is 2. The van der Waals surface area contributed by atoms with Gasteiger partial charge < -0.3 is 5.32 Å². The van der Waals surface area contributed by atoms with Crippen molar-refractivity contribution in [1.82, 2.24) is 5.32 Å². The van der Waals surface area contributed by atoms with Crippen LogP contribution in [0.4, 0.5) is 5.69 Å². The second-order valence-electron chi connectivity index (χ2n) is 7.30. The first kappa shape index (κ1) is 24.2. The maximum atomic E-state index is 12.7. The average Bonchev–Trinajstić information content (AvgIpc) is 2.76. The lowest BCUT2D eigenvalue weighted by atomic mass is 10.1. The molecule has 32 heavy (non-hydrogen) atoms. The standard InChI is InChI=1S/C24H25ClN2O3S2/c1-17-10-12-20(13-11-17)32(29,30)27-23-9-5-7-21(18(23)2)24(28)26-14-15-31-16-19-6-3-4-8-22(19)25/h3-13,27H,14-16H2,1-2H3,(H,26,28). The number of carbonyl (C=O) groups excluding carboxylic acids is 1. The van der Waals surface area contributed by atoms with Gasteiger partial charge in [-0.3, -0.25) is 9.52 Å². The fourth-order valence-electron chi connectivity index (χ4n) is 3.04. The highest BCUT2D eigenvalue weighted by molar-refractivity contribution is 7.98. The minimum absolute atomic E-state index is 0.174. The molecule has 0 heterocycles. The quantitative estimate of drug-likeness (QED) is 0.394. The van der Waals surface area contributed by atoms with Crippen LogP contribution in [0.1, 0.15) is 27.0 Å². The number of thioether (sulfide) groups is 1. The molecule has 5 nitrogen and oxygen atoms in total. The van der Waals surface area contributed by atoms with Crippen molar-refractivity contribution < 1.29 is 13.2 Å². The first-order chi connectivity index (χ1) is 15.3. The molecule has 0 aliphatic rings. The predicted octanol–water partition coefficient (Wildman–Crippen LogP) is 5.42. The molecule has 0 saturated heterocycles. The minimum Gasteiger partial charge on any atom is -0.351 e. The number of carbonyl (C=O) groups is 1. The largest absolute Gasteiger partial charge is 0.351 e. The monoisotopic (exact) mass is 488 g/mol. The zero-order valence-electron chi connectivity index (χ0n) is 17.9. The number of hydrogen-bond donors (Lipinski definition) is 2. The van der Waals surface area contributed by atoms with Crippen molar-refractivity contribution in [2.24, 2.45) is 0 Å². The Hall–Kier alpha value is -2.48. The van der Waals surface area contributed by atoms with E-state index in [1.165, 1.54) is 0 Å². The molecule has 168 valence electrons. The van der Waals surface area contributed by atoms with E-state index in [2.05, 4.69) is 10.0 Å². The molecule has 0 spiro atoms. The third-order valence-corrected chi connectivity index (χ3v) is 7.66. The summed E-state index contributed by atoms with van der Waals surface area (Å²) in [5, 5.41) is 3.64. The smallest absolute Gasteiger partial charge is 0.261 e. The zero-order valence-corrected chi connectivity index (χ0v) is 20.3. The van der Waals surface area contributed by atoms with Crippen LogP contribution in [0.5, 0.6) is 0 Å². The van der Waals surface area contributed by atoms with Gasteiger partial charge in [0.25, 0.3) is 15.9 Å². The number of sulfonamides is 1. The Morgan fingerprint density at radius 1 is 0.969 bits per heavy atom. The van der Waals surface area contributed by atoms with E-state index in [-0.39, 0.29) is 10.8 Å². The van der Waals surface area contributed by atoms with Gasteiger partial charge in [0.05, 0.1) is 10.6 Å². The van der Waals surface area contributed by atoms with E-state index in [0.717, 1.165) is 27.7 Å². The van der Waals surface area contributed by atoms with Gasteiger partial charge in [0.2, 0.25) is 0 Å². The van der Waals surface area contributed by atoms with E-state index in [4.69, 9.17) is 11.6 Å². The summed E-state index contributed by atoms with van der Waals surface area (Å²) in [6.45, 7) is 4.12. The summed E-state index contributed by atoms with van der Waals surface area (Å²) in [5.41, 5.74) is 3.43. The maximum absolute atomic E-state index is 12.7. The fourth-order valence-corrected chi connectivity index (χ4v) is 5.31. The van der Waals surface area contributed by atoms with Crippen molar-refractivity contribution in [3.8, 4) is 0 Å². The van der Waals surface area contributed by atoms with Crippen molar-refractivity contribution in [2.45, 2.75) is 24.5 Å². The van der Waals surface area contributed by atoms with Gasteiger partial charge >= 0.3 is 0 Å². The van der Waals surface area contributed by atoms with Crippen molar-refractivity contribution in [3.63, 3.8) is 0 Å². The van der Waals surface area contributed by atoms with Crippen LogP contribution < -0.4 is 10.0 Å². The van der Waals surface area contributed by atoms with Gasteiger partial charge in [-0.25, -0.2) is 8.42 Å². The van der Waals surface area contributed by atoms with E-state index >= 15 is 0 Å². The molecule has 0 saturated carbocycles. The van der Waals surface area contributed by atoms with Crippen molar-refractivity contribution in [1.29, 1.82) is 0 Å². The highest BCUT2D eigenvalue weighted by Gasteiger charge is 2.18. The van der Waals surface area contributed by atoms with Crippen LogP contribution in [0.2, 0.25) is 5.02 Å². The minimum atomic E-state index is -3.75. The van der Waals surface area contributed by atoms with Crippen molar-refractivity contribution in [2.75, 3.05) is 17.0 Å². The summed E-state index contributed by atoms with van der Waals surface area (Å²) in [7, 11) is -3.75. The van der Waals surface area contributed by atoms with E-state index in [9.17, 15) is 13.2 Å². The molecule has 0 bridgehead atoms. The molecule has 0 fully saturated rings. The number of benzene rings is 3. The van der Waals surface area contributed by atoms with Gasteiger partial charge in [-0.2, -0.15) is 11.8 Å². The van der Waals surface area contributed by atoms with Gasteiger partial charge in [-0.05, 0) is 55.3 Å². The highest BCUT2D eigenvalue weighted by Crippen LogP contribution is 2.23. The number of rotatable bonds is 9. The number of amides is 1. The molecule has 1 amide bonds. The van der Waals surface area contributed by atoms with Crippen molar-refractivity contribution >= 4 is 45.0 Å². The molecule has 3 aromatic carbocycles. The molecule has 3 aromatic rings. The molecule has 0 aromatic heterocycles. The van der Waals surface area contributed by atoms with Crippen LogP contribution in [0.15, 0.2) is 71.6 Å². The third-order valence-electron chi connectivity index (χ3n) is 4.90. The summed E-state index contributed by atoms with van der Waals surface area (Å²) >= 11 is 7.84. The molecule has 8 heteroatoms. The van der Waals surface area contributed by atoms with Gasteiger partial charge in [0.15, 0.2) is 0 Å². The van der Waals surface area contributed by atoms with Gasteiger partial charge in [0.1, 0.15) is 0 Å². The molecule has 0 unspecified atom stereocenters. The summed E-state index contributed by atoms with van der Waals surface area (Å²) < 4.78 is 28.0. The molecular formula is C24H25ClN2O3S2. The van der Waals surface area contributed by atoms with Crippen LogP contribution in [-0.2, 0) is 15.8 Å². The number of anilines is 1. The lowest BCUT2D eigenvalue weighted by molar-refractivity contribution is 0.0955. The number of halogens is 1. The van der Waals surface area contributed by atoms with Gasteiger partial charge in [-0.15, -0.1) is 0 Å². The summed E-state index contributed by atoms with van der Waals surface area (Å²) in [4.78, 5) is 12.8. The second kappa shape index (κ2) is 10.9. The zero-order chi connectivity index (χ0) is 23.1. The SMILES string of the molecule is Cc1ccc(S(=O)(=O)Nc2cccc(C(=O)NCCSCc3ccccc3Cl)c2C)cc1. The summed E-state index contributed by atoms with van der Waals surface area (Å²) in [6, 6.07) is 19.3. The normalized spacial score (nSPS) is 11.2. The number of aryl methyl sites for hydroxylation is 1. The Labute approximate surface area is 198 Å². The first-order valence-electron chi connectivity index (χ1n) is 10.1. The third kappa shape index (κ3) is 6.28.